The summed E-state index contributed by atoms with van der Waals surface area (Å²) < 4.78 is 16.7. The van der Waals surface area contributed by atoms with Gasteiger partial charge in [-0.15, -0.1) is 5.10 Å². The van der Waals surface area contributed by atoms with Crippen LogP contribution < -0.4 is 10.6 Å². The van der Waals surface area contributed by atoms with Gasteiger partial charge in [0, 0.05) is 49.2 Å². The van der Waals surface area contributed by atoms with Crippen LogP contribution in [0, 0.1) is 5.92 Å². The Labute approximate surface area is 199 Å². The number of anilines is 1. The van der Waals surface area contributed by atoms with Crippen LogP contribution in [-0.4, -0.2) is 68.6 Å². The van der Waals surface area contributed by atoms with Crippen molar-refractivity contribution in [3.05, 3.63) is 41.2 Å². The highest BCUT2D eigenvalue weighted by Gasteiger charge is 2.30. The number of hydrogen-bond donors (Lipinski definition) is 2. The van der Waals surface area contributed by atoms with Gasteiger partial charge in [-0.2, -0.15) is 0 Å². The zero-order valence-electron chi connectivity index (χ0n) is 20.3. The average Bonchev–Trinajstić information content (AvgIpc) is 3.24. The summed E-state index contributed by atoms with van der Waals surface area (Å²) in [5, 5.41) is 13.7. The molecule has 3 amide bonds. The van der Waals surface area contributed by atoms with E-state index < -0.39 is 6.17 Å². The number of alkyl halides is 1. The highest BCUT2D eigenvalue weighted by molar-refractivity contribution is 5.98. The number of urea groups is 1. The molecule has 1 aromatic carbocycles. The number of likely N-dealkylation sites (tertiary alicyclic amines) is 1. The maximum Gasteiger partial charge on any atom is 0.319 e. The third kappa shape index (κ3) is 5.55. The highest BCUT2D eigenvalue weighted by atomic mass is 19.1. The van der Waals surface area contributed by atoms with Crippen LogP contribution in [0.2, 0.25) is 0 Å². The number of aromatic nitrogens is 3. The number of amides is 3. The number of nitrogens with one attached hydrogen (secondary N) is 2. The summed E-state index contributed by atoms with van der Waals surface area (Å²) in [5.41, 5.74) is 2.97. The van der Waals surface area contributed by atoms with Crippen LogP contribution in [0.25, 0.3) is 0 Å². The van der Waals surface area contributed by atoms with Crippen LogP contribution in [0.15, 0.2) is 24.4 Å². The number of halogens is 1. The van der Waals surface area contributed by atoms with Crippen molar-refractivity contribution >= 4 is 17.6 Å². The highest BCUT2D eigenvalue weighted by Crippen LogP contribution is 2.27. The lowest BCUT2D eigenvalue weighted by atomic mass is 9.91. The van der Waals surface area contributed by atoms with Gasteiger partial charge in [-0.3, -0.25) is 9.69 Å². The monoisotopic (exact) mass is 471 g/mol. The van der Waals surface area contributed by atoms with E-state index in [0.717, 1.165) is 11.3 Å². The van der Waals surface area contributed by atoms with Crippen LogP contribution in [0.1, 0.15) is 55.2 Å². The summed E-state index contributed by atoms with van der Waals surface area (Å²) in [4.78, 5) is 28.5. The minimum Gasteiger partial charge on any atom is -0.339 e. The Kier molecular flexibility index (Phi) is 6.88. The zero-order chi connectivity index (χ0) is 24.5. The summed E-state index contributed by atoms with van der Waals surface area (Å²) in [5.74, 6) is -0.212. The lowest BCUT2D eigenvalue weighted by Gasteiger charge is -2.33. The van der Waals surface area contributed by atoms with Gasteiger partial charge in [0.25, 0.3) is 5.91 Å². The van der Waals surface area contributed by atoms with Crippen LogP contribution in [-0.2, 0) is 19.6 Å². The standard InChI is InChI=1S/C24H34FN7O2/c1-24(2,3)30(4)13-19-14-32(29-28-19)15-20(25)16-7-9-31(10-8-16)22(33)17-5-6-18-12-26-23(34)27-21(18)11-17/h5-6,11,14,16,20H,7-10,12-13,15H2,1-4H3,(H2,26,27,34). The van der Waals surface area contributed by atoms with E-state index >= 15 is 4.39 Å². The molecular formula is C24H34FN7O2. The summed E-state index contributed by atoms with van der Waals surface area (Å²) in [6, 6.07) is 5.09. The van der Waals surface area contributed by atoms with Crippen molar-refractivity contribution in [2.45, 2.75) is 65.0 Å². The molecule has 1 aromatic heterocycles. The Balaban J connectivity index is 1.29. The number of nitrogens with zero attached hydrogens (tertiary/aromatic N) is 5. The summed E-state index contributed by atoms with van der Waals surface area (Å²) in [6.07, 6.45) is 1.98. The van der Waals surface area contributed by atoms with E-state index in [2.05, 4.69) is 46.6 Å². The lowest BCUT2D eigenvalue weighted by molar-refractivity contribution is 0.0612. The predicted octanol–water partition coefficient (Wildman–Crippen LogP) is 3.03. The Bertz CT molecular complexity index is 1040. The topological polar surface area (TPSA) is 95.4 Å². The molecule has 2 aromatic rings. The van der Waals surface area contributed by atoms with E-state index in [1.807, 2.05) is 19.3 Å². The summed E-state index contributed by atoms with van der Waals surface area (Å²) >= 11 is 0. The average molecular weight is 472 g/mol. The van der Waals surface area contributed by atoms with E-state index in [0.29, 0.717) is 50.3 Å². The second kappa shape index (κ2) is 9.69. The SMILES string of the molecule is CN(Cc1cn(CC(F)C2CCN(C(=O)c3ccc4c(c3)NC(=O)NC4)CC2)nn1)C(C)(C)C. The quantitative estimate of drug-likeness (QED) is 0.675. The molecule has 3 heterocycles. The molecule has 34 heavy (non-hydrogen) atoms. The molecule has 2 aliphatic heterocycles. The van der Waals surface area contributed by atoms with Gasteiger partial charge in [0.1, 0.15) is 6.17 Å². The molecule has 4 rings (SSSR count). The van der Waals surface area contributed by atoms with Crippen molar-refractivity contribution in [3.8, 4) is 0 Å². The van der Waals surface area contributed by atoms with Crippen molar-refractivity contribution in [2.24, 2.45) is 5.92 Å². The molecule has 1 fully saturated rings. The number of piperidine rings is 1. The van der Waals surface area contributed by atoms with Crippen molar-refractivity contribution in [3.63, 3.8) is 0 Å². The molecule has 0 spiro atoms. The first-order valence-corrected chi connectivity index (χ1v) is 11.8. The molecule has 0 saturated carbocycles. The first-order valence-electron chi connectivity index (χ1n) is 11.8. The molecule has 10 heteroatoms. The molecule has 0 radical (unpaired) electrons. The van der Waals surface area contributed by atoms with Crippen LogP contribution in [0.3, 0.4) is 0 Å². The van der Waals surface area contributed by atoms with Crippen LogP contribution in [0.4, 0.5) is 14.9 Å². The van der Waals surface area contributed by atoms with Crippen LogP contribution in [0.5, 0.6) is 0 Å². The molecule has 1 saturated heterocycles. The van der Waals surface area contributed by atoms with E-state index in [1.54, 1.807) is 21.7 Å². The fourth-order valence-electron chi connectivity index (χ4n) is 4.28. The maximum absolute atomic E-state index is 15.1. The maximum atomic E-state index is 15.1. The van der Waals surface area contributed by atoms with E-state index in [9.17, 15) is 9.59 Å². The van der Waals surface area contributed by atoms with Gasteiger partial charge >= 0.3 is 6.03 Å². The van der Waals surface area contributed by atoms with Gasteiger partial charge in [-0.05, 0) is 64.3 Å². The first kappa shape index (κ1) is 24.1. The Morgan fingerprint density at radius 2 is 2.03 bits per heavy atom. The molecule has 9 nitrogen and oxygen atoms in total. The van der Waals surface area contributed by atoms with Gasteiger partial charge in [0.2, 0.25) is 0 Å². The number of rotatable bonds is 6. The Morgan fingerprint density at radius 1 is 1.29 bits per heavy atom. The summed E-state index contributed by atoms with van der Waals surface area (Å²) in [6.45, 7) is 8.68. The molecule has 0 aliphatic carbocycles. The van der Waals surface area contributed by atoms with Gasteiger partial charge < -0.3 is 15.5 Å². The summed E-state index contributed by atoms with van der Waals surface area (Å²) in [7, 11) is 2.03. The normalized spacial score (nSPS) is 17.8. The minimum atomic E-state index is -1.04. The molecule has 0 bridgehead atoms. The van der Waals surface area contributed by atoms with E-state index in [1.165, 1.54) is 0 Å². The van der Waals surface area contributed by atoms with Crippen molar-refractivity contribution in [1.82, 2.24) is 30.1 Å². The molecular weight excluding hydrogens is 437 g/mol. The predicted molar refractivity (Wildman–Crippen MR) is 127 cm³/mol. The number of fused-ring (bicyclic) bond motifs is 1. The molecule has 1 unspecified atom stereocenters. The minimum absolute atomic E-state index is 0.0159. The van der Waals surface area contributed by atoms with Gasteiger partial charge in [-0.1, -0.05) is 11.3 Å². The fourth-order valence-corrected chi connectivity index (χ4v) is 4.28. The first-order chi connectivity index (χ1) is 16.1. The fraction of sp³-hybridized carbons (Fsp3) is 0.583. The largest absolute Gasteiger partial charge is 0.339 e. The number of carbonyl (C=O) groups is 2. The van der Waals surface area contributed by atoms with E-state index in [-0.39, 0.29) is 29.9 Å². The van der Waals surface area contributed by atoms with Crippen molar-refractivity contribution in [2.75, 3.05) is 25.5 Å². The lowest BCUT2D eigenvalue weighted by Crippen LogP contribution is -2.41. The van der Waals surface area contributed by atoms with Crippen molar-refractivity contribution in [1.29, 1.82) is 0 Å². The second-order valence-electron chi connectivity index (χ2n) is 10.3. The van der Waals surface area contributed by atoms with Gasteiger partial charge in [-0.25, -0.2) is 13.9 Å². The zero-order valence-corrected chi connectivity index (χ0v) is 20.3. The number of benzene rings is 1. The second-order valence-corrected chi connectivity index (χ2v) is 10.3. The number of carbonyl (C=O) groups excluding carboxylic acids is 2. The molecule has 2 aliphatic rings. The van der Waals surface area contributed by atoms with Gasteiger partial charge in [0.05, 0.1) is 12.2 Å². The van der Waals surface area contributed by atoms with Crippen molar-refractivity contribution < 1.29 is 14.0 Å². The third-order valence-electron chi connectivity index (χ3n) is 6.87. The Hall–Kier alpha value is -3.01. The molecule has 2 N–H and O–H groups in total. The molecule has 1 atom stereocenters. The molecule has 184 valence electrons. The Morgan fingerprint density at radius 3 is 2.74 bits per heavy atom. The third-order valence-corrected chi connectivity index (χ3v) is 6.87. The van der Waals surface area contributed by atoms with Crippen LogP contribution >= 0.6 is 0 Å². The number of hydrogen-bond acceptors (Lipinski definition) is 5. The van der Waals surface area contributed by atoms with Gasteiger partial charge in [0.15, 0.2) is 0 Å². The smallest absolute Gasteiger partial charge is 0.319 e. The van der Waals surface area contributed by atoms with E-state index in [4.69, 9.17) is 0 Å².